The zero-order valence-electron chi connectivity index (χ0n) is 18.0. The van der Waals surface area contributed by atoms with Crippen LogP contribution in [0.5, 0.6) is 0 Å². The van der Waals surface area contributed by atoms with Gasteiger partial charge in [0, 0.05) is 24.5 Å². The maximum atomic E-state index is 12.3. The number of aromatic nitrogens is 5. The number of hydrogen-bond donors (Lipinski definition) is 2. The molecule has 0 aliphatic carbocycles. The zero-order valence-corrected chi connectivity index (χ0v) is 18.8. The molecule has 1 saturated heterocycles. The zero-order chi connectivity index (χ0) is 24.1. The van der Waals surface area contributed by atoms with Crippen molar-refractivity contribution in [2.24, 2.45) is 0 Å². The Morgan fingerprint density at radius 2 is 1.94 bits per heavy atom. The normalized spacial score (nSPS) is 15.8. The number of nitrogens with one attached hydrogen (secondary N) is 1. The van der Waals surface area contributed by atoms with E-state index in [1.165, 1.54) is 17.1 Å². The number of rotatable bonds is 9. The first-order valence-electron chi connectivity index (χ1n) is 10.4. The van der Waals surface area contributed by atoms with Gasteiger partial charge in [-0.25, -0.2) is 27.9 Å². The molecule has 1 fully saturated rings. The second-order valence-corrected chi connectivity index (χ2v) is 9.95. The van der Waals surface area contributed by atoms with Crippen molar-refractivity contribution in [1.82, 2.24) is 30.3 Å². The summed E-state index contributed by atoms with van der Waals surface area (Å²) in [6.45, 7) is 0.776. The highest BCUT2D eigenvalue weighted by Crippen LogP contribution is 2.16. The monoisotopic (exact) mass is 490 g/mol. The van der Waals surface area contributed by atoms with E-state index in [0.717, 1.165) is 0 Å². The summed E-state index contributed by atoms with van der Waals surface area (Å²) in [5.74, 6) is -1.03. The maximum absolute atomic E-state index is 12.3. The van der Waals surface area contributed by atoms with Crippen LogP contribution in [0.3, 0.4) is 0 Å². The fourth-order valence-corrected chi connectivity index (χ4v) is 4.78. The molecule has 2 N–H and O–H groups in total. The molecule has 4 rings (SSSR count). The number of aromatic carboxylic acids is 1. The van der Waals surface area contributed by atoms with Gasteiger partial charge in [-0.05, 0) is 25.0 Å². The van der Waals surface area contributed by atoms with Crippen LogP contribution in [-0.2, 0) is 21.1 Å². The number of carbonyl (C=O) groups is 2. The highest BCUT2D eigenvalue weighted by molar-refractivity contribution is 7.91. The third-order valence-corrected chi connectivity index (χ3v) is 6.84. The van der Waals surface area contributed by atoms with Crippen LogP contribution in [0.25, 0.3) is 11.3 Å². The van der Waals surface area contributed by atoms with Crippen LogP contribution in [0.4, 0.5) is 0 Å². The van der Waals surface area contributed by atoms with E-state index in [2.05, 4.69) is 25.6 Å². The molecule has 0 saturated carbocycles. The lowest BCUT2D eigenvalue weighted by molar-refractivity contribution is 0.0474. The topological polar surface area (TPSA) is 179 Å². The lowest BCUT2D eigenvalue weighted by Crippen LogP contribution is -2.32. The van der Waals surface area contributed by atoms with Crippen molar-refractivity contribution in [2.45, 2.75) is 25.5 Å². The van der Waals surface area contributed by atoms with Gasteiger partial charge < -0.3 is 19.6 Å². The SMILES string of the molecule is O=C(O)c1ncc(-c2cn(Cc3ccc(C(=O)NCCOC4CCS(=O)(=O)CC4)o3)nn2)cn1. The van der Waals surface area contributed by atoms with E-state index in [9.17, 15) is 18.0 Å². The average molecular weight is 490 g/mol. The molecular weight excluding hydrogens is 468 g/mol. The standard InChI is InChI=1S/C20H22N6O7S/c27-19(21-5-6-32-14-3-7-34(30,31)8-4-14)17-2-1-15(33-17)11-26-12-16(24-25-26)13-9-22-18(20(28)29)23-10-13/h1-2,9-10,12,14H,3-8,11H2,(H,21,27)(H,28,29). The van der Waals surface area contributed by atoms with Crippen LogP contribution in [0.1, 0.15) is 39.8 Å². The van der Waals surface area contributed by atoms with E-state index < -0.39 is 21.7 Å². The number of carboxylic acids is 1. The smallest absolute Gasteiger partial charge is 0.373 e. The molecule has 0 spiro atoms. The molecule has 3 aromatic heterocycles. The number of hydrogen-bond acceptors (Lipinski definition) is 10. The summed E-state index contributed by atoms with van der Waals surface area (Å²) in [5, 5.41) is 19.6. The molecule has 1 aliphatic rings. The summed E-state index contributed by atoms with van der Waals surface area (Å²) in [6, 6.07) is 3.20. The summed E-state index contributed by atoms with van der Waals surface area (Å²) in [7, 11) is -2.93. The van der Waals surface area contributed by atoms with Crippen molar-refractivity contribution in [2.75, 3.05) is 24.7 Å². The molecule has 13 nitrogen and oxygen atoms in total. The van der Waals surface area contributed by atoms with Gasteiger partial charge in [-0.2, -0.15) is 0 Å². The van der Waals surface area contributed by atoms with E-state index in [1.807, 2.05) is 0 Å². The van der Waals surface area contributed by atoms with Crippen LogP contribution >= 0.6 is 0 Å². The average Bonchev–Trinajstić information content (AvgIpc) is 3.48. The van der Waals surface area contributed by atoms with Gasteiger partial charge >= 0.3 is 5.97 Å². The largest absolute Gasteiger partial charge is 0.475 e. The Balaban J connectivity index is 1.24. The predicted molar refractivity (Wildman–Crippen MR) is 116 cm³/mol. The molecular formula is C20H22N6O7S. The minimum absolute atomic E-state index is 0.107. The van der Waals surface area contributed by atoms with Crippen LogP contribution in [0, 0.1) is 0 Å². The number of nitrogens with zero attached hydrogens (tertiary/aromatic N) is 5. The number of amides is 1. The number of furan rings is 1. The van der Waals surface area contributed by atoms with Crippen LogP contribution in [0.15, 0.2) is 35.1 Å². The summed E-state index contributed by atoms with van der Waals surface area (Å²) in [5.41, 5.74) is 0.963. The lowest BCUT2D eigenvalue weighted by atomic mass is 10.2. The van der Waals surface area contributed by atoms with Gasteiger partial charge in [0.05, 0.1) is 30.4 Å². The van der Waals surface area contributed by atoms with E-state index in [0.29, 0.717) is 29.9 Å². The van der Waals surface area contributed by atoms with E-state index in [1.54, 1.807) is 18.3 Å². The van der Waals surface area contributed by atoms with E-state index >= 15 is 0 Å². The fraction of sp³-hybridized carbons (Fsp3) is 0.400. The number of carbonyl (C=O) groups excluding carboxylic acids is 1. The number of sulfone groups is 1. The summed E-state index contributed by atoms with van der Waals surface area (Å²) < 4.78 is 35.6. The summed E-state index contributed by atoms with van der Waals surface area (Å²) in [6.07, 6.45) is 5.16. The molecule has 0 bridgehead atoms. The third kappa shape index (κ3) is 6.02. The van der Waals surface area contributed by atoms with Crippen molar-refractivity contribution in [3.63, 3.8) is 0 Å². The number of ether oxygens (including phenoxy) is 1. The Morgan fingerprint density at radius 3 is 2.65 bits per heavy atom. The van der Waals surface area contributed by atoms with Gasteiger partial charge in [0.1, 0.15) is 18.0 Å². The molecule has 0 aromatic carbocycles. The predicted octanol–water partition coefficient (Wildman–Crippen LogP) is 0.398. The fourth-order valence-electron chi connectivity index (χ4n) is 3.34. The molecule has 34 heavy (non-hydrogen) atoms. The molecule has 1 amide bonds. The van der Waals surface area contributed by atoms with E-state index in [4.69, 9.17) is 14.3 Å². The molecule has 14 heteroatoms. The van der Waals surface area contributed by atoms with Gasteiger partial charge in [-0.1, -0.05) is 5.21 Å². The van der Waals surface area contributed by atoms with Gasteiger partial charge in [0.15, 0.2) is 15.6 Å². The van der Waals surface area contributed by atoms with Crippen LogP contribution in [-0.4, -0.2) is 81.1 Å². The van der Waals surface area contributed by atoms with Crippen molar-refractivity contribution in [1.29, 1.82) is 0 Å². The molecule has 3 aromatic rings. The second kappa shape index (κ2) is 10.1. The Kier molecular flexibility index (Phi) is 6.98. The Bertz CT molecular complexity index is 1250. The highest BCUT2D eigenvalue weighted by atomic mass is 32.2. The quantitative estimate of drug-likeness (QED) is 0.396. The highest BCUT2D eigenvalue weighted by Gasteiger charge is 2.24. The first-order chi connectivity index (χ1) is 16.3. The molecule has 0 radical (unpaired) electrons. The summed E-state index contributed by atoms with van der Waals surface area (Å²) in [4.78, 5) is 30.6. The molecule has 0 unspecified atom stereocenters. The van der Waals surface area contributed by atoms with Gasteiger partial charge in [-0.15, -0.1) is 5.10 Å². The lowest BCUT2D eigenvalue weighted by Gasteiger charge is -2.22. The Labute approximate surface area is 194 Å². The first-order valence-corrected chi connectivity index (χ1v) is 12.3. The summed E-state index contributed by atoms with van der Waals surface area (Å²) >= 11 is 0. The van der Waals surface area contributed by atoms with Crippen molar-refractivity contribution < 1.29 is 32.3 Å². The number of carboxylic acid groups (broad SMARTS) is 1. The van der Waals surface area contributed by atoms with Crippen molar-refractivity contribution in [3.8, 4) is 11.3 Å². The molecule has 0 atom stereocenters. The van der Waals surface area contributed by atoms with Crippen LogP contribution in [0.2, 0.25) is 0 Å². The maximum Gasteiger partial charge on any atom is 0.373 e. The van der Waals surface area contributed by atoms with Crippen molar-refractivity contribution in [3.05, 3.63) is 48.1 Å². The minimum Gasteiger partial charge on any atom is -0.475 e. The third-order valence-electron chi connectivity index (χ3n) is 5.12. The van der Waals surface area contributed by atoms with E-state index in [-0.39, 0.29) is 48.9 Å². The van der Waals surface area contributed by atoms with Gasteiger partial charge in [0.25, 0.3) is 5.91 Å². The molecule has 1 aliphatic heterocycles. The Morgan fingerprint density at radius 1 is 1.21 bits per heavy atom. The second-order valence-electron chi connectivity index (χ2n) is 7.65. The van der Waals surface area contributed by atoms with Crippen molar-refractivity contribution >= 4 is 21.7 Å². The first kappa shape index (κ1) is 23.5. The minimum atomic E-state index is -2.93. The van der Waals surface area contributed by atoms with Gasteiger partial charge in [-0.3, -0.25) is 4.79 Å². The van der Waals surface area contributed by atoms with Crippen LogP contribution < -0.4 is 5.32 Å². The van der Waals surface area contributed by atoms with Gasteiger partial charge in [0.2, 0.25) is 5.82 Å². The molecule has 4 heterocycles. The molecule has 180 valence electrons. The Hall–Kier alpha value is -3.65.